The monoisotopic (exact) mass is 314 g/mol. The number of hydrogen-bond acceptors (Lipinski definition) is 2. The second kappa shape index (κ2) is 7.31. The summed E-state index contributed by atoms with van der Waals surface area (Å²) in [7, 11) is 1.77. The third kappa shape index (κ3) is 4.84. The molecule has 0 aliphatic rings. The number of H-pyrrole nitrogens is 1. The molecule has 2 aromatic rings. The molecule has 0 bridgehead atoms. The molecule has 0 aliphatic carbocycles. The lowest BCUT2D eigenvalue weighted by Crippen LogP contribution is -2.43. The first-order chi connectivity index (χ1) is 10.9. The normalized spacial score (nSPS) is 12.7. The molecule has 1 aromatic carbocycles. The molecule has 0 saturated carbocycles. The van der Waals surface area contributed by atoms with E-state index in [0.29, 0.717) is 6.54 Å². The molecule has 2 N–H and O–H groups in total. The van der Waals surface area contributed by atoms with Crippen LogP contribution in [0, 0.1) is 0 Å². The number of hydrogen-bond donors (Lipinski definition) is 2. The van der Waals surface area contributed by atoms with Crippen molar-refractivity contribution >= 4 is 6.03 Å². The van der Waals surface area contributed by atoms with Crippen molar-refractivity contribution in [1.82, 2.24) is 20.2 Å². The summed E-state index contributed by atoms with van der Waals surface area (Å²) in [5.41, 5.74) is 1.29. The highest BCUT2D eigenvalue weighted by atomic mass is 16.2. The van der Waals surface area contributed by atoms with Gasteiger partial charge in [-0.05, 0) is 24.3 Å². The Balaban J connectivity index is 1.88. The van der Waals surface area contributed by atoms with E-state index in [-0.39, 0.29) is 17.5 Å². The van der Waals surface area contributed by atoms with Crippen LogP contribution in [0.4, 0.5) is 4.79 Å². The van der Waals surface area contributed by atoms with E-state index in [9.17, 15) is 4.79 Å². The summed E-state index contributed by atoms with van der Waals surface area (Å²) in [6.07, 6.45) is 4.31. The molecule has 0 fully saturated rings. The fourth-order valence-corrected chi connectivity index (χ4v) is 2.83. The second-order valence-electron chi connectivity index (χ2n) is 6.70. The molecule has 1 aromatic heterocycles. The second-order valence-corrected chi connectivity index (χ2v) is 6.70. The van der Waals surface area contributed by atoms with Gasteiger partial charge in [-0.1, -0.05) is 44.2 Å². The zero-order valence-electron chi connectivity index (χ0n) is 14.3. The van der Waals surface area contributed by atoms with Gasteiger partial charge in [-0.15, -0.1) is 0 Å². The van der Waals surface area contributed by atoms with Gasteiger partial charge in [-0.3, -0.25) is 0 Å². The molecular weight excluding hydrogens is 288 g/mol. The summed E-state index contributed by atoms with van der Waals surface area (Å²) in [4.78, 5) is 21.0. The zero-order chi connectivity index (χ0) is 16.9. The van der Waals surface area contributed by atoms with Gasteiger partial charge < -0.3 is 15.2 Å². The summed E-state index contributed by atoms with van der Waals surface area (Å²) in [5.74, 6) is 0.778. The van der Waals surface area contributed by atoms with Crippen LogP contribution in [0.1, 0.15) is 38.6 Å². The number of rotatable bonds is 6. The third-order valence-electron chi connectivity index (χ3n) is 4.03. The number of aromatic nitrogens is 2. The van der Waals surface area contributed by atoms with Crippen LogP contribution < -0.4 is 5.32 Å². The highest BCUT2D eigenvalue weighted by Crippen LogP contribution is 2.28. The molecule has 0 aliphatic heterocycles. The summed E-state index contributed by atoms with van der Waals surface area (Å²) < 4.78 is 0. The molecule has 23 heavy (non-hydrogen) atoms. The van der Waals surface area contributed by atoms with Gasteiger partial charge in [0.25, 0.3) is 0 Å². The van der Waals surface area contributed by atoms with Crippen molar-refractivity contribution in [1.29, 1.82) is 0 Å². The number of imidazole rings is 1. The molecule has 2 rings (SSSR count). The molecular formula is C18H26N4O. The number of nitrogens with zero attached hydrogens (tertiary/aromatic N) is 2. The van der Waals surface area contributed by atoms with Crippen molar-refractivity contribution in [3.8, 4) is 0 Å². The lowest BCUT2D eigenvalue weighted by molar-refractivity contribution is 0.200. The molecule has 1 heterocycles. The van der Waals surface area contributed by atoms with Crippen LogP contribution in [-0.4, -0.2) is 34.0 Å². The number of aromatic amines is 1. The SMILES string of the molecule is CC(CC(C)(C)c1ccccc1)NC(=O)N(C)Cc1ncc[nH]1. The van der Waals surface area contributed by atoms with Crippen molar-refractivity contribution in [2.45, 2.75) is 45.2 Å². The number of carbonyl (C=O) groups is 1. The molecule has 0 radical (unpaired) electrons. The quantitative estimate of drug-likeness (QED) is 0.859. The predicted octanol–water partition coefficient (Wildman–Crippen LogP) is 3.31. The summed E-state index contributed by atoms with van der Waals surface area (Å²) in [5, 5.41) is 3.06. The van der Waals surface area contributed by atoms with Gasteiger partial charge >= 0.3 is 6.03 Å². The Bertz CT molecular complexity index is 607. The van der Waals surface area contributed by atoms with Crippen molar-refractivity contribution in [2.24, 2.45) is 0 Å². The number of nitrogens with one attached hydrogen (secondary N) is 2. The van der Waals surface area contributed by atoms with E-state index in [4.69, 9.17) is 0 Å². The van der Waals surface area contributed by atoms with Crippen LogP contribution >= 0.6 is 0 Å². The topological polar surface area (TPSA) is 61.0 Å². The minimum Gasteiger partial charge on any atom is -0.347 e. The Morgan fingerprint density at radius 3 is 2.65 bits per heavy atom. The molecule has 124 valence electrons. The first-order valence-electron chi connectivity index (χ1n) is 7.94. The maximum Gasteiger partial charge on any atom is 0.317 e. The lowest BCUT2D eigenvalue weighted by atomic mass is 9.79. The summed E-state index contributed by atoms with van der Waals surface area (Å²) >= 11 is 0. The Hall–Kier alpha value is -2.30. The van der Waals surface area contributed by atoms with E-state index in [1.165, 1.54) is 5.56 Å². The van der Waals surface area contributed by atoms with Gasteiger partial charge in [0.15, 0.2) is 0 Å². The molecule has 1 atom stereocenters. The minimum atomic E-state index is -0.0854. The Morgan fingerprint density at radius 1 is 1.35 bits per heavy atom. The fourth-order valence-electron chi connectivity index (χ4n) is 2.83. The van der Waals surface area contributed by atoms with Gasteiger partial charge in [0.1, 0.15) is 5.82 Å². The van der Waals surface area contributed by atoms with Crippen LogP contribution in [0.3, 0.4) is 0 Å². The van der Waals surface area contributed by atoms with E-state index in [2.05, 4.69) is 53.4 Å². The van der Waals surface area contributed by atoms with Crippen molar-refractivity contribution < 1.29 is 4.79 Å². The van der Waals surface area contributed by atoms with E-state index in [0.717, 1.165) is 12.2 Å². The van der Waals surface area contributed by atoms with Crippen molar-refractivity contribution in [3.63, 3.8) is 0 Å². The largest absolute Gasteiger partial charge is 0.347 e. The van der Waals surface area contributed by atoms with Gasteiger partial charge in [0.2, 0.25) is 0 Å². The van der Waals surface area contributed by atoms with Gasteiger partial charge in [0, 0.05) is 25.5 Å². The van der Waals surface area contributed by atoms with E-state index in [1.807, 2.05) is 13.0 Å². The molecule has 5 heteroatoms. The number of urea groups is 1. The molecule has 0 saturated heterocycles. The third-order valence-corrected chi connectivity index (χ3v) is 4.03. The van der Waals surface area contributed by atoms with E-state index >= 15 is 0 Å². The summed E-state index contributed by atoms with van der Waals surface area (Å²) in [6.45, 7) is 6.92. The van der Waals surface area contributed by atoms with Crippen LogP contribution in [0.5, 0.6) is 0 Å². The van der Waals surface area contributed by atoms with E-state index in [1.54, 1.807) is 24.3 Å². The fraction of sp³-hybridized carbons (Fsp3) is 0.444. The van der Waals surface area contributed by atoms with Crippen molar-refractivity contribution in [3.05, 3.63) is 54.1 Å². The lowest BCUT2D eigenvalue weighted by Gasteiger charge is -2.30. The molecule has 2 amide bonds. The summed E-state index contributed by atoms with van der Waals surface area (Å²) in [6, 6.07) is 10.4. The minimum absolute atomic E-state index is 0.00748. The predicted molar refractivity (Wildman–Crippen MR) is 92.1 cm³/mol. The average Bonchev–Trinajstić information content (AvgIpc) is 3.00. The van der Waals surface area contributed by atoms with Crippen LogP contribution in [-0.2, 0) is 12.0 Å². The smallest absolute Gasteiger partial charge is 0.317 e. The van der Waals surface area contributed by atoms with Crippen LogP contribution in [0.2, 0.25) is 0 Å². The molecule has 5 nitrogen and oxygen atoms in total. The van der Waals surface area contributed by atoms with Gasteiger partial charge in [0.05, 0.1) is 6.54 Å². The van der Waals surface area contributed by atoms with Crippen molar-refractivity contribution in [2.75, 3.05) is 7.05 Å². The van der Waals surface area contributed by atoms with Gasteiger partial charge in [-0.25, -0.2) is 9.78 Å². The first kappa shape index (κ1) is 17.1. The Kier molecular flexibility index (Phi) is 5.42. The highest BCUT2D eigenvalue weighted by Gasteiger charge is 2.24. The molecule has 1 unspecified atom stereocenters. The van der Waals surface area contributed by atoms with Gasteiger partial charge in [-0.2, -0.15) is 0 Å². The van der Waals surface area contributed by atoms with Crippen LogP contribution in [0.15, 0.2) is 42.7 Å². The van der Waals surface area contributed by atoms with Crippen LogP contribution in [0.25, 0.3) is 0 Å². The highest BCUT2D eigenvalue weighted by molar-refractivity contribution is 5.74. The number of amides is 2. The standard InChI is InChI=1S/C18H26N4O/c1-14(12-18(2,3)15-8-6-5-7-9-15)21-17(23)22(4)13-16-19-10-11-20-16/h5-11,14H,12-13H2,1-4H3,(H,19,20)(H,21,23). The van der Waals surface area contributed by atoms with E-state index < -0.39 is 0 Å². The molecule has 0 spiro atoms. The number of carbonyl (C=O) groups excluding carboxylic acids is 1. The Morgan fingerprint density at radius 2 is 2.04 bits per heavy atom. The Labute approximate surface area is 138 Å². The maximum absolute atomic E-state index is 12.3. The first-order valence-corrected chi connectivity index (χ1v) is 7.94. The maximum atomic E-state index is 12.3. The number of benzene rings is 1. The average molecular weight is 314 g/mol. The zero-order valence-corrected chi connectivity index (χ0v) is 14.3.